The normalized spacial score (nSPS) is 17.6. The van der Waals surface area contributed by atoms with Crippen LogP contribution in [0.25, 0.3) is 0 Å². The summed E-state index contributed by atoms with van der Waals surface area (Å²) < 4.78 is 13.7. The standard InChI is InChI=1S/C18H19ClFN3O.ClH/c19-14-5-3-4-13(10-14)17-11-21-8-9-23(17)12-18(24)22-16-7-2-1-6-15(16)20;/h1-7,10,17,21H,8-9,11-12H2,(H,22,24);1H. The predicted octanol–water partition coefficient (Wildman–Crippen LogP) is 3.49. The number of hydrogen-bond donors (Lipinski definition) is 2. The minimum absolute atomic E-state index is 0. The van der Waals surface area contributed by atoms with Gasteiger partial charge in [0.05, 0.1) is 12.2 Å². The van der Waals surface area contributed by atoms with Crippen LogP contribution >= 0.6 is 24.0 Å². The molecule has 0 radical (unpaired) electrons. The minimum atomic E-state index is -0.433. The molecule has 3 rings (SSSR count). The van der Waals surface area contributed by atoms with E-state index in [0.29, 0.717) is 5.02 Å². The van der Waals surface area contributed by atoms with Gasteiger partial charge in [-0.3, -0.25) is 9.69 Å². The second-order valence-electron chi connectivity index (χ2n) is 5.77. The molecule has 25 heavy (non-hydrogen) atoms. The van der Waals surface area contributed by atoms with Crippen molar-refractivity contribution in [3.63, 3.8) is 0 Å². The van der Waals surface area contributed by atoms with Crippen LogP contribution in [0.2, 0.25) is 5.02 Å². The molecular formula is C18H20Cl2FN3O. The van der Waals surface area contributed by atoms with Crippen molar-refractivity contribution in [1.82, 2.24) is 10.2 Å². The van der Waals surface area contributed by atoms with E-state index in [0.717, 1.165) is 25.2 Å². The largest absolute Gasteiger partial charge is 0.322 e. The van der Waals surface area contributed by atoms with Crippen LogP contribution in [-0.4, -0.2) is 37.0 Å². The maximum atomic E-state index is 13.7. The van der Waals surface area contributed by atoms with Crippen LogP contribution in [0.5, 0.6) is 0 Å². The van der Waals surface area contributed by atoms with Gasteiger partial charge >= 0.3 is 0 Å². The Balaban J connectivity index is 0.00000225. The fraction of sp³-hybridized carbons (Fsp3) is 0.278. The van der Waals surface area contributed by atoms with Crippen molar-refractivity contribution in [2.75, 3.05) is 31.5 Å². The van der Waals surface area contributed by atoms with Crippen LogP contribution < -0.4 is 10.6 Å². The molecule has 0 bridgehead atoms. The van der Waals surface area contributed by atoms with Gasteiger partial charge in [0.15, 0.2) is 0 Å². The molecule has 1 amide bonds. The predicted molar refractivity (Wildman–Crippen MR) is 101 cm³/mol. The lowest BCUT2D eigenvalue weighted by atomic mass is 10.0. The third-order valence-electron chi connectivity index (χ3n) is 4.08. The Labute approximate surface area is 157 Å². The molecule has 1 fully saturated rings. The van der Waals surface area contributed by atoms with Gasteiger partial charge in [0.2, 0.25) is 5.91 Å². The molecule has 0 spiro atoms. The van der Waals surface area contributed by atoms with E-state index in [1.165, 1.54) is 6.07 Å². The van der Waals surface area contributed by atoms with Gasteiger partial charge in [-0.2, -0.15) is 0 Å². The number of benzene rings is 2. The summed E-state index contributed by atoms with van der Waals surface area (Å²) >= 11 is 6.08. The minimum Gasteiger partial charge on any atom is -0.322 e. The molecule has 0 aromatic heterocycles. The summed E-state index contributed by atoms with van der Waals surface area (Å²) in [5.41, 5.74) is 1.27. The number of carbonyl (C=O) groups excluding carboxylic acids is 1. The SMILES string of the molecule is Cl.O=C(CN1CCNCC1c1cccc(Cl)c1)Nc1ccccc1F. The molecule has 0 saturated carbocycles. The van der Waals surface area contributed by atoms with E-state index >= 15 is 0 Å². The van der Waals surface area contributed by atoms with Gasteiger partial charge < -0.3 is 10.6 Å². The summed E-state index contributed by atoms with van der Waals surface area (Å²) in [6.07, 6.45) is 0. The second kappa shape index (κ2) is 9.15. The van der Waals surface area contributed by atoms with E-state index in [9.17, 15) is 9.18 Å². The summed E-state index contributed by atoms with van der Waals surface area (Å²) in [6, 6.07) is 13.9. The van der Waals surface area contributed by atoms with E-state index in [2.05, 4.69) is 15.5 Å². The molecule has 1 aliphatic rings. The fourth-order valence-electron chi connectivity index (χ4n) is 2.91. The van der Waals surface area contributed by atoms with Crippen molar-refractivity contribution in [2.24, 2.45) is 0 Å². The molecule has 1 aliphatic heterocycles. The number of nitrogens with one attached hydrogen (secondary N) is 2. The average Bonchev–Trinajstić information content (AvgIpc) is 2.57. The zero-order chi connectivity index (χ0) is 16.9. The molecule has 0 aliphatic carbocycles. The lowest BCUT2D eigenvalue weighted by Crippen LogP contribution is -2.48. The monoisotopic (exact) mass is 383 g/mol. The summed E-state index contributed by atoms with van der Waals surface area (Å²) in [5, 5.41) is 6.65. The van der Waals surface area contributed by atoms with Gasteiger partial charge in [-0.05, 0) is 29.8 Å². The van der Waals surface area contributed by atoms with Crippen molar-refractivity contribution < 1.29 is 9.18 Å². The fourth-order valence-corrected chi connectivity index (χ4v) is 3.11. The molecule has 1 heterocycles. The molecule has 1 saturated heterocycles. The summed E-state index contributed by atoms with van der Waals surface area (Å²) in [6.45, 7) is 2.49. The number of para-hydroxylation sites is 1. The van der Waals surface area contributed by atoms with Gasteiger partial charge in [0.1, 0.15) is 5.82 Å². The molecule has 2 N–H and O–H groups in total. The Bertz CT molecular complexity index is 729. The number of piperazine rings is 1. The highest BCUT2D eigenvalue weighted by molar-refractivity contribution is 6.30. The van der Waals surface area contributed by atoms with Crippen molar-refractivity contribution in [1.29, 1.82) is 0 Å². The van der Waals surface area contributed by atoms with Gasteiger partial charge in [-0.25, -0.2) is 4.39 Å². The molecule has 2 aromatic rings. The number of amides is 1. The molecule has 4 nitrogen and oxygen atoms in total. The van der Waals surface area contributed by atoms with Gasteiger partial charge in [0.25, 0.3) is 0 Å². The smallest absolute Gasteiger partial charge is 0.238 e. The highest BCUT2D eigenvalue weighted by atomic mass is 35.5. The Kier molecular flexibility index (Phi) is 7.20. The molecule has 134 valence electrons. The van der Waals surface area contributed by atoms with Crippen molar-refractivity contribution in [3.05, 3.63) is 64.9 Å². The maximum Gasteiger partial charge on any atom is 0.238 e. The molecule has 1 atom stereocenters. The molecule has 1 unspecified atom stereocenters. The summed E-state index contributed by atoms with van der Waals surface area (Å²) in [7, 11) is 0. The molecular weight excluding hydrogens is 364 g/mol. The summed E-state index contributed by atoms with van der Waals surface area (Å²) in [5.74, 6) is -0.661. The number of hydrogen-bond acceptors (Lipinski definition) is 3. The van der Waals surface area contributed by atoms with Gasteiger partial charge in [0, 0.05) is 30.7 Å². The first-order chi connectivity index (χ1) is 11.6. The Morgan fingerprint density at radius 2 is 2.08 bits per heavy atom. The maximum absolute atomic E-state index is 13.7. The number of carbonyl (C=O) groups is 1. The Morgan fingerprint density at radius 1 is 1.28 bits per heavy atom. The van der Waals surface area contributed by atoms with Crippen LogP contribution in [0.1, 0.15) is 11.6 Å². The van der Waals surface area contributed by atoms with Crippen LogP contribution in [-0.2, 0) is 4.79 Å². The van der Waals surface area contributed by atoms with Crippen molar-refractivity contribution in [3.8, 4) is 0 Å². The topological polar surface area (TPSA) is 44.4 Å². The van der Waals surface area contributed by atoms with Crippen LogP contribution in [0.3, 0.4) is 0 Å². The second-order valence-corrected chi connectivity index (χ2v) is 6.21. The summed E-state index contributed by atoms with van der Waals surface area (Å²) in [4.78, 5) is 14.4. The lowest BCUT2D eigenvalue weighted by Gasteiger charge is -2.36. The molecule has 7 heteroatoms. The third kappa shape index (κ3) is 5.16. The zero-order valence-corrected chi connectivity index (χ0v) is 15.1. The van der Waals surface area contributed by atoms with Crippen LogP contribution in [0.15, 0.2) is 48.5 Å². The van der Waals surface area contributed by atoms with Crippen molar-refractivity contribution >= 4 is 35.6 Å². The van der Waals surface area contributed by atoms with Gasteiger partial charge in [-0.1, -0.05) is 35.9 Å². The van der Waals surface area contributed by atoms with E-state index in [1.807, 2.05) is 24.3 Å². The quantitative estimate of drug-likeness (QED) is 0.849. The van der Waals surface area contributed by atoms with Crippen molar-refractivity contribution in [2.45, 2.75) is 6.04 Å². The first kappa shape index (κ1) is 19.7. The highest BCUT2D eigenvalue weighted by Gasteiger charge is 2.25. The van der Waals surface area contributed by atoms with E-state index < -0.39 is 5.82 Å². The van der Waals surface area contributed by atoms with Crippen LogP contribution in [0, 0.1) is 5.82 Å². The van der Waals surface area contributed by atoms with E-state index in [4.69, 9.17) is 11.6 Å². The number of halogens is 3. The zero-order valence-electron chi connectivity index (χ0n) is 13.5. The van der Waals surface area contributed by atoms with E-state index in [-0.39, 0.29) is 36.6 Å². The lowest BCUT2D eigenvalue weighted by molar-refractivity contribution is -0.118. The average molecular weight is 384 g/mol. The Morgan fingerprint density at radius 3 is 2.84 bits per heavy atom. The van der Waals surface area contributed by atoms with Gasteiger partial charge in [-0.15, -0.1) is 12.4 Å². The number of rotatable bonds is 4. The molecule has 2 aromatic carbocycles. The number of anilines is 1. The first-order valence-electron chi connectivity index (χ1n) is 7.88. The van der Waals surface area contributed by atoms with Crippen LogP contribution in [0.4, 0.5) is 10.1 Å². The Hall–Kier alpha value is -1.66. The third-order valence-corrected chi connectivity index (χ3v) is 4.32. The highest BCUT2D eigenvalue weighted by Crippen LogP contribution is 2.24. The number of nitrogens with zero attached hydrogens (tertiary/aromatic N) is 1. The first-order valence-corrected chi connectivity index (χ1v) is 8.26. The van der Waals surface area contributed by atoms with E-state index in [1.54, 1.807) is 18.2 Å².